The zero-order chi connectivity index (χ0) is 9.68. The van der Waals surface area contributed by atoms with Crippen LogP contribution in [0.25, 0.3) is 0 Å². The Bertz CT molecular complexity index is 242. The number of imidazole rings is 1. The van der Waals surface area contributed by atoms with Crippen molar-refractivity contribution in [2.45, 2.75) is 26.8 Å². The van der Waals surface area contributed by atoms with Crippen molar-refractivity contribution in [3.8, 4) is 0 Å². The second-order valence-corrected chi connectivity index (χ2v) is 3.67. The Morgan fingerprint density at radius 2 is 2.38 bits per heavy atom. The van der Waals surface area contributed by atoms with Crippen molar-refractivity contribution in [1.82, 2.24) is 14.9 Å². The predicted molar refractivity (Wildman–Crippen MR) is 54.4 cm³/mol. The lowest BCUT2D eigenvalue weighted by Crippen LogP contribution is -2.20. The molecule has 0 aliphatic rings. The molecule has 0 aromatic carbocycles. The molecule has 1 rings (SSSR count). The monoisotopic (exact) mass is 181 g/mol. The maximum absolute atomic E-state index is 4.24. The molecule has 1 N–H and O–H groups in total. The number of aryl methyl sites for hydroxylation is 1. The molecule has 1 aromatic heterocycles. The molecule has 3 heteroatoms. The van der Waals surface area contributed by atoms with Gasteiger partial charge in [-0.2, -0.15) is 0 Å². The van der Waals surface area contributed by atoms with E-state index in [9.17, 15) is 0 Å². The average Bonchev–Trinajstić information content (AvgIpc) is 2.51. The third-order valence-electron chi connectivity index (χ3n) is 2.25. The first-order chi connectivity index (χ1) is 6.22. The second-order valence-electron chi connectivity index (χ2n) is 3.67. The van der Waals surface area contributed by atoms with Gasteiger partial charge in [0.05, 0.1) is 12.0 Å². The highest BCUT2D eigenvalue weighted by Gasteiger charge is 1.99. The Labute approximate surface area is 80.2 Å². The third kappa shape index (κ3) is 3.59. The van der Waals surface area contributed by atoms with Gasteiger partial charge in [-0.1, -0.05) is 20.3 Å². The summed E-state index contributed by atoms with van der Waals surface area (Å²) in [5.74, 6) is 0.753. The summed E-state index contributed by atoms with van der Waals surface area (Å²) in [7, 11) is 1.99. The molecule has 0 saturated heterocycles. The van der Waals surface area contributed by atoms with Crippen molar-refractivity contribution in [2.75, 3.05) is 6.54 Å². The van der Waals surface area contributed by atoms with E-state index in [0.29, 0.717) is 0 Å². The van der Waals surface area contributed by atoms with Crippen LogP contribution in [0, 0.1) is 5.92 Å². The first kappa shape index (κ1) is 10.3. The average molecular weight is 181 g/mol. The van der Waals surface area contributed by atoms with E-state index in [-0.39, 0.29) is 0 Å². The molecule has 0 saturated carbocycles. The molecule has 0 amide bonds. The van der Waals surface area contributed by atoms with Gasteiger partial charge in [0, 0.05) is 19.8 Å². The lowest BCUT2D eigenvalue weighted by atomic mass is 10.1. The Morgan fingerprint density at radius 1 is 1.62 bits per heavy atom. The van der Waals surface area contributed by atoms with Crippen molar-refractivity contribution >= 4 is 0 Å². The molecule has 74 valence electrons. The van der Waals surface area contributed by atoms with Crippen LogP contribution in [-0.2, 0) is 13.6 Å². The molecular formula is C10H19N3. The molecule has 0 spiro atoms. The van der Waals surface area contributed by atoms with Crippen LogP contribution in [0.4, 0.5) is 0 Å². The van der Waals surface area contributed by atoms with Crippen molar-refractivity contribution < 1.29 is 0 Å². The fourth-order valence-corrected chi connectivity index (χ4v) is 1.15. The zero-order valence-electron chi connectivity index (χ0n) is 8.75. The van der Waals surface area contributed by atoms with Gasteiger partial charge in [-0.15, -0.1) is 0 Å². The molecule has 1 unspecified atom stereocenters. The van der Waals surface area contributed by atoms with Crippen LogP contribution < -0.4 is 5.32 Å². The summed E-state index contributed by atoms with van der Waals surface area (Å²) in [6.45, 7) is 6.43. The molecule has 0 fully saturated rings. The molecule has 1 heterocycles. The summed E-state index contributed by atoms with van der Waals surface area (Å²) in [6.07, 6.45) is 5.11. The largest absolute Gasteiger partial charge is 0.340 e. The Hall–Kier alpha value is -0.830. The molecule has 13 heavy (non-hydrogen) atoms. The lowest BCUT2D eigenvalue weighted by Gasteiger charge is -2.08. The van der Waals surface area contributed by atoms with E-state index < -0.39 is 0 Å². The molecule has 0 bridgehead atoms. The standard InChI is InChI=1S/C10H19N3/c1-4-9(2)5-11-6-10-7-13(3)8-12-10/h7-9,11H,4-6H2,1-3H3. The summed E-state index contributed by atoms with van der Waals surface area (Å²) in [4.78, 5) is 4.24. The third-order valence-corrected chi connectivity index (χ3v) is 2.25. The summed E-state index contributed by atoms with van der Waals surface area (Å²) in [5.41, 5.74) is 1.12. The van der Waals surface area contributed by atoms with E-state index in [1.54, 1.807) is 0 Å². The van der Waals surface area contributed by atoms with Crippen LogP contribution in [0.15, 0.2) is 12.5 Å². The van der Waals surface area contributed by atoms with E-state index in [1.165, 1.54) is 6.42 Å². The van der Waals surface area contributed by atoms with Gasteiger partial charge in [-0.25, -0.2) is 4.98 Å². The first-order valence-electron chi connectivity index (χ1n) is 4.90. The lowest BCUT2D eigenvalue weighted by molar-refractivity contribution is 0.498. The van der Waals surface area contributed by atoms with Crippen LogP contribution >= 0.6 is 0 Å². The summed E-state index contributed by atoms with van der Waals surface area (Å²) >= 11 is 0. The van der Waals surface area contributed by atoms with Crippen LogP contribution in [0.5, 0.6) is 0 Å². The molecule has 0 radical (unpaired) electrons. The Morgan fingerprint density at radius 3 is 2.92 bits per heavy atom. The fraction of sp³-hybridized carbons (Fsp3) is 0.700. The van der Waals surface area contributed by atoms with Gasteiger partial charge in [0.2, 0.25) is 0 Å². The molecule has 0 aliphatic heterocycles. The Kier molecular flexibility index (Phi) is 3.96. The molecule has 1 atom stereocenters. The molecule has 3 nitrogen and oxygen atoms in total. The number of nitrogens with zero attached hydrogens (tertiary/aromatic N) is 2. The van der Waals surface area contributed by atoms with Crippen LogP contribution in [-0.4, -0.2) is 16.1 Å². The molecule has 1 aromatic rings. The minimum Gasteiger partial charge on any atom is -0.340 e. The summed E-state index contributed by atoms with van der Waals surface area (Å²) in [5, 5.41) is 3.39. The maximum atomic E-state index is 4.24. The van der Waals surface area contributed by atoms with E-state index in [2.05, 4.69) is 24.1 Å². The van der Waals surface area contributed by atoms with E-state index in [0.717, 1.165) is 24.7 Å². The fourth-order valence-electron chi connectivity index (χ4n) is 1.15. The minimum absolute atomic E-state index is 0.753. The van der Waals surface area contributed by atoms with Gasteiger partial charge in [-0.3, -0.25) is 0 Å². The van der Waals surface area contributed by atoms with E-state index in [4.69, 9.17) is 0 Å². The van der Waals surface area contributed by atoms with Crippen molar-refractivity contribution in [3.63, 3.8) is 0 Å². The zero-order valence-corrected chi connectivity index (χ0v) is 8.75. The smallest absolute Gasteiger partial charge is 0.0947 e. The normalized spacial score (nSPS) is 13.2. The number of aromatic nitrogens is 2. The molecular weight excluding hydrogens is 162 g/mol. The Balaban J connectivity index is 2.20. The number of nitrogens with one attached hydrogen (secondary N) is 1. The van der Waals surface area contributed by atoms with Crippen LogP contribution in [0.1, 0.15) is 26.0 Å². The van der Waals surface area contributed by atoms with Crippen LogP contribution in [0.2, 0.25) is 0 Å². The predicted octanol–water partition coefficient (Wildman–Crippen LogP) is 1.56. The van der Waals surface area contributed by atoms with Gasteiger partial charge >= 0.3 is 0 Å². The first-order valence-corrected chi connectivity index (χ1v) is 4.90. The second kappa shape index (κ2) is 5.02. The number of hydrogen-bond donors (Lipinski definition) is 1. The summed E-state index contributed by atoms with van der Waals surface area (Å²) in [6, 6.07) is 0. The van der Waals surface area contributed by atoms with E-state index in [1.807, 2.05) is 24.1 Å². The van der Waals surface area contributed by atoms with Gasteiger partial charge in [0.1, 0.15) is 0 Å². The number of rotatable bonds is 5. The van der Waals surface area contributed by atoms with Gasteiger partial charge in [0.25, 0.3) is 0 Å². The molecule has 0 aliphatic carbocycles. The minimum atomic E-state index is 0.753. The quantitative estimate of drug-likeness (QED) is 0.747. The van der Waals surface area contributed by atoms with Crippen molar-refractivity contribution in [2.24, 2.45) is 13.0 Å². The highest BCUT2D eigenvalue weighted by molar-refractivity contribution is 4.95. The maximum Gasteiger partial charge on any atom is 0.0947 e. The number of hydrogen-bond acceptors (Lipinski definition) is 2. The van der Waals surface area contributed by atoms with Crippen molar-refractivity contribution in [1.29, 1.82) is 0 Å². The highest BCUT2D eigenvalue weighted by atomic mass is 15.0. The van der Waals surface area contributed by atoms with Crippen LogP contribution in [0.3, 0.4) is 0 Å². The SMILES string of the molecule is CCC(C)CNCc1cn(C)cn1. The van der Waals surface area contributed by atoms with E-state index >= 15 is 0 Å². The topological polar surface area (TPSA) is 29.9 Å². The van der Waals surface area contributed by atoms with Gasteiger partial charge in [-0.05, 0) is 12.5 Å². The van der Waals surface area contributed by atoms with Gasteiger partial charge in [0.15, 0.2) is 0 Å². The highest BCUT2D eigenvalue weighted by Crippen LogP contribution is 1.98. The van der Waals surface area contributed by atoms with Gasteiger partial charge < -0.3 is 9.88 Å². The summed E-state index contributed by atoms with van der Waals surface area (Å²) < 4.78 is 1.97. The van der Waals surface area contributed by atoms with Crippen molar-refractivity contribution in [3.05, 3.63) is 18.2 Å².